The Morgan fingerprint density at radius 1 is 1.05 bits per heavy atom. The first-order valence-corrected chi connectivity index (χ1v) is 8.21. The van der Waals surface area contributed by atoms with E-state index in [9.17, 15) is 0 Å². The Kier molecular flexibility index (Phi) is 4.79. The normalized spacial score (nSPS) is 22.1. The van der Waals surface area contributed by atoms with Crippen molar-refractivity contribution in [1.29, 1.82) is 0 Å². The lowest BCUT2D eigenvalue weighted by molar-refractivity contribution is -0.0395. The molecule has 0 atom stereocenters. The monoisotopic (exact) mass is 294 g/mol. The molecule has 3 rings (SSSR count). The van der Waals surface area contributed by atoms with Crippen LogP contribution >= 0.6 is 11.6 Å². The molecule has 1 saturated heterocycles. The van der Waals surface area contributed by atoms with Gasteiger partial charge in [-0.2, -0.15) is 0 Å². The standard InChI is InChI=1S/C16H23ClN2O/c17-16-12-13(6-9-18-16)19-10-7-15(8-11-19)20-14-4-2-1-3-5-14/h6,9,12,14-15H,1-5,7-8,10-11H2. The average Bonchev–Trinajstić information content (AvgIpc) is 2.49. The van der Waals surface area contributed by atoms with Gasteiger partial charge in [0.1, 0.15) is 5.15 Å². The number of pyridine rings is 1. The molecule has 4 heteroatoms. The molecule has 0 N–H and O–H groups in total. The van der Waals surface area contributed by atoms with Gasteiger partial charge in [0.2, 0.25) is 0 Å². The zero-order valence-electron chi connectivity index (χ0n) is 11.9. The average molecular weight is 295 g/mol. The quantitative estimate of drug-likeness (QED) is 0.786. The van der Waals surface area contributed by atoms with E-state index >= 15 is 0 Å². The molecular formula is C16H23ClN2O. The van der Waals surface area contributed by atoms with Gasteiger partial charge in [-0.3, -0.25) is 0 Å². The van der Waals surface area contributed by atoms with Crippen LogP contribution in [0.2, 0.25) is 5.15 Å². The molecule has 1 aromatic rings. The first-order valence-electron chi connectivity index (χ1n) is 7.83. The molecule has 20 heavy (non-hydrogen) atoms. The van der Waals surface area contributed by atoms with Crippen molar-refractivity contribution in [1.82, 2.24) is 4.98 Å². The Bertz CT molecular complexity index is 426. The van der Waals surface area contributed by atoms with Gasteiger partial charge in [-0.15, -0.1) is 0 Å². The first kappa shape index (κ1) is 14.2. The lowest BCUT2D eigenvalue weighted by Gasteiger charge is -2.36. The fraction of sp³-hybridized carbons (Fsp3) is 0.688. The molecule has 0 bridgehead atoms. The molecule has 3 nitrogen and oxygen atoms in total. The van der Waals surface area contributed by atoms with E-state index < -0.39 is 0 Å². The lowest BCUT2D eigenvalue weighted by atomic mass is 9.97. The number of hydrogen-bond donors (Lipinski definition) is 0. The molecule has 2 aliphatic rings. The zero-order chi connectivity index (χ0) is 13.8. The van der Waals surface area contributed by atoms with E-state index in [0.29, 0.717) is 17.4 Å². The van der Waals surface area contributed by atoms with Gasteiger partial charge in [0.25, 0.3) is 0 Å². The van der Waals surface area contributed by atoms with Crippen LogP contribution in [0.15, 0.2) is 18.3 Å². The van der Waals surface area contributed by atoms with Crippen LogP contribution in [0.4, 0.5) is 5.69 Å². The van der Waals surface area contributed by atoms with E-state index in [1.807, 2.05) is 12.1 Å². The Balaban J connectivity index is 1.49. The summed E-state index contributed by atoms with van der Waals surface area (Å²) in [6.45, 7) is 2.11. The van der Waals surface area contributed by atoms with Crippen LogP contribution < -0.4 is 4.90 Å². The smallest absolute Gasteiger partial charge is 0.131 e. The van der Waals surface area contributed by atoms with Gasteiger partial charge in [0.05, 0.1) is 12.2 Å². The molecule has 2 heterocycles. The summed E-state index contributed by atoms with van der Waals surface area (Å²) in [5.41, 5.74) is 1.18. The fourth-order valence-electron chi connectivity index (χ4n) is 3.31. The minimum atomic E-state index is 0.451. The Morgan fingerprint density at radius 3 is 2.45 bits per heavy atom. The Hall–Kier alpha value is -0.800. The first-order chi connectivity index (χ1) is 9.81. The minimum Gasteiger partial charge on any atom is -0.375 e. The second kappa shape index (κ2) is 6.77. The van der Waals surface area contributed by atoms with Crippen molar-refractivity contribution in [2.24, 2.45) is 0 Å². The molecule has 110 valence electrons. The van der Waals surface area contributed by atoms with Crippen molar-refractivity contribution in [3.8, 4) is 0 Å². The summed E-state index contributed by atoms with van der Waals surface area (Å²) in [4.78, 5) is 6.42. The summed E-state index contributed by atoms with van der Waals surface area (Å²) >= 11 is 5.96. The Labute approximate surface area is 126 Å². The van der Waals surface area contributed by atoms with Gasteiger partial charge in [-0.25, -0.2) is 4.98 Å². The minimum absolute atomic E-state index is 0.451. The van der Waals surface area contributed by atoms with Crippen LogP contribution in [0.3, 0.4) is 0 Å². The third kappa shape index (κ3) is 3.64. The maximum atomic E-state index is 6.28. The number of hydrogen-bond acceptors (Lipinski definition) is 3. The van der Waals surface area contributed by atoms with E-state index in [4.69, 9.17) is 16.3 Å². The molecule has 1 aliphatic carbocycles. The molecular weight excluding hydrogens is 272 g/mol. The van der Waals surface area contributed by atoms with Crippen LogP contribution in [0.1, 0.15) is 44.9 Å². The molecule has 0 aromatic carbocycles. The summed E-state index contributed by atoms with van der Waals surface area (Å²) in [5, 5.41) is 0.572. The van der Waals surface area contributed by atoms with Crippen molar-refractivity contribution in [2.45, 2.75) is 57.2 Å². The number of aromatic nitrogens is 1. The van der Waals surface area contributed by atoms with Crippen LogP contribution in [0.5, 0.6) is 0 Å². The number of halogens is 1. The summed E-state index contributed by atoms with van der Waals surface area (Å²) < 4.78 is 6.28. The number of anilines is 1. The molecule has 2 fully saturated rings. The number of piperidine rings is 1. The highest BCUT2D eigenvalue weighted by Gasteiger charge is 2.24. The number of ether oxygens (including phenoxy) is 1. The van der Waals surface area contributed by atoms with Gasteiger partial charge >= 0.3 is 0 Å². The van der Waals surface area contributed by atoms with Gasteiger partial charge in [0, 0.05) is 25.0 Å². The third-order valence-corrected chi connectivity index (χ3v) is 4.66. The molecule has 0 radical (unpaired) electrons. The molecule has 1 saturated carbocycles. The summed E-state index contributed by atoms with van der Waals surface area (Å²) in [6.07, 6.45) is 11.6. The van der Waals surface area contributed by atoms with E-state index in [1.54, 1.807) is 6.20 Å². The number of rotatable bonds is 3. The van der Waals surface area contributed by atoms with E-state index in [-0.39, 0.29) is 0 Å². The second-order valence-electron chi connectivity index (χ2n) is 5.92. The van der Waals surface area contributed by atoms with Crippen molar-refractivity contribution in [3.05, 3.63) is 23.5 Å². The largest absolute Gasteiger partial charge is 0.375 e. The van der Waals surface area contributed by atoms with E-state index in [2.05, 4.69) is 9.88 Å². The highest BCUT2D eigenvalue weighted by molar-refractivity contribution is 6.29. The second-order valence-corrected chi connectivity index (χ2v) is 6.31. The van der Waals surface area contributed by atoms with Crippen molar-refractivity contribution < 1.29 is 4.74 Å². The van der Waals surface area contributed by atoms with Gasteiger partial charge in [0.15, 0.2) is 0 Å². The van der Waals surface area contributed by atoms with Crippen LogP contribution in [-0.4, -0.2) is 30.3 Å². The van der Waals surface area contributed by atoms with Crippen molar-refractivity contribution >= 4 is 17.3 Å². The number of nitrogens with zero attached hydrogens (tertiary/aromatic N) is 2. The van der Waals surface area contributed by atoms with E-state index in [0.717, 1.165) is 25.9 Å². The maximum Gasteiger partial charge on any atom is 0.131 e. The molecule has 1 aliphatic heterocycles. The van der Waals surface area contributed by atoms with Crippen LogP contribution in [0, 0.1) is 0 Å². The third-order valence-electron chi connectivity index (χ3n) is 4.45. The molecule has 0 amide bonds. The van der Waals surface area contributed by atoms with Crippen molar-refractivity contribution in [2.75, 3.05) is 18.0 Å². The van der Waals surface area contributed by atoms with Gasteiger partial charge in [-0.05, 0) is 37.8 Å². The highest BCUT2D eigenvalue weighted by Crippen LogP contribution is 2.27. The maximum absolute atomic E-state index is 6.28. The lowest BCUT2D eigenvalue weighted by Crippen LogP contribution is -2.38. The van der Waals surface area contributed by atoms with Gasteiger partial charge < -0.3 is 9.64 Å². The topological polar surface area (TPSA) is 25.4 Å². The predicted octanol–water partition coefficient (Wildman–Crippen LogP) is 4.05. The van der Waals surface area contributed by atoms with E-state index in [1.165, 1.54) is 37.8 Å². The van der Waals surface area contributed by atoms with Crippen molar-refractivity contribution in [3.63, 3.8) is 0 Å². The zero-order valence-corrected chi connectivity index (χ0v) is 12.7. The van der Waals surface area contributed by atoms with Crippen LogP contribution in [0.25, 0.3) is 0 Å². The summed E-state index contributed by atoms with van der Waals surface area (Å²) in [5.74, 6) is 0. The molecule has 0 spiro atoms. The van der Waals surface area contributed by atoms with Gasteiger partial charge in [-0.1, -0.05) is 30.9 Å². The molecule has 0 unspecified atom stereocenters. The SMILES string of the molecule is Clc1cc(N2CCC(OC3CCCCC3)CC2)ccn1. The molecule has 1 aromatic heterocycles. The summed E-state index contributed by atoms with van der Waals surface area (Å²) in [7, 11) is 0. The highest BCUT2D eigenvalue weighted by atomic mass is 35.5. The van der Waals surface area contributed by atoms with Crippen LogP contribution in [-0.2, 0) is 4.74 Å². The summed E-state index contributed by atoms with van der Waals surface area (Å²) in [6, 6.07) is 3.98. The predicted molar refractivity (Wildman–Crippen MR) is 82.4 cm³/mol. The fourth-order valence-corrected chi connectivity index (χ4v) is 3.48. The Morgan fingerprint density at radius 2 is 1.75 bits per heavy atom.